The molecule has 1 aromatic rings. The van der Waals surface area contributed by atoms with E-state index in [4.69, 9.17) is 0 Å². The maximum Gasteiger partial charge on any atom is 0.161 e. The van der Waals surface area contributed by atoms with Crippen LogP contribution in [-0.2, 0) is 0 Å². The second kappa shape index (κ2) is 5.48. The Morgan fingerprint density at radius 2 is 2.28 bits per heavy atom. The summed E-state index contributed by atoms with van der Waals surface area (Å²) in [5.41, 5.74) is 0.683. The van der Waals surface area contributed by atoms with Gasteiger partial charge in [-0.25, -0.2) is 4.98 Å². The van der Waals surface area contributed by atoms with Gasteiger partial charge in [-0.2, -0.15) is 0 Å². The van der Waals surface area contributed by atoms with Crippen LogP contribution in [0, 0.1) is 0 Å². The van der Waals surface area contributed by atoms with Gasteiger partial charge in [-0.1, -0.05) is 0 Å². The molecule has 1 unspecified atom stereocenters. The quantitative estimate of drug-likeness (QED) is 0.760. The molecule has 1 fully saturated rings. The number of likely N-dealkylation sites (N-methyl/N-ethyl adjacent to an activating group) is 1. The van der Waals surface area contributed by atoms with Gasteiger partial charge in [-0.3, -0.25) is 4.79 Å². The first-order valence-electron chi connectivity index (χ1n) is 6.46. The summed E-state index contributed by atoms with van der Waals surface area (Å²) in [6.07, 6.45) is 4.12. The number of ketones is 1. The summed E-state index contributed by atoms with van der Waals surface area (Å²) in [4.78, 5) is 20.2. The summed E-state index contributed by atoms with van der Waals surface area (Å²) in [5.74, 6) is 1.06. The van der Waals surface area contributed by atoms with Crippen LogP contribution in [0.15, 0.2) is 18.3 Å². The molecule has 1 aromatic heterocycles. The molecule has 1 atom stereocenters. The fourth-order valence-corrected chi connectivity index (χ4v) is 2.51. The van der Waals surface area contributed by atoms with Crippen LogP contribution in [0.3, 0.4) is 0 Å². The van der Waals surface area contributed by atoms with Crippen LogP contribution in [0.5, 0.6) is 0 Å². The first-order valence-corrected chi connectivity index (χ1v) is 6.46. The predicted octanol–water partition coefficient (Wildman–Crippen LogP) is 1.81. The molecule has 1 aliphatic rings. The molecule has 4 heteroatoms. The third-order valence-corrected chi connectivity index (χ3v) is 3.40. The summed E-state index contributed by atoms with van der Waals surface area (Å²) >= 11 is 0. The minimum Gasteiger partial charge on any atom is -0.352 e. The van der Waals surface area contributed by atoms with E-state index >= 15 is 0 Å². The van der Waals surface area contributed by atoms with Crippen LogP contribution in [0.2, 0.25) is 0 Å². The zero-order chi connectivity index (χ0) is 13.1. The molecule has 4 nitrogen and oxygen atoms in total. The molecule has 18 heavy (non-hydrogen) atoms. The Morgan fingerprint density at radius 1 is 1.50 bits per heavy atom. The summed E-state index contributed by atoms with van der Waals surface area (Å²) in [5, 5.41) is 0. The normalized spacial score (nSPS) is 19.6. The smallest absolute Gasteiger partial charge is 0.161 e. The van der Waals surface area contributed by atoms with Gasteiger partial charge < -0.3 is 9.80 Å². The lowest BCUT2D eigenvalue weighted by molar-refractivity contribution is 0.101. The molecule has 0 amide bonds. The number of nitrogens with zero attached hydrogens (tertiary/aromatic N) is 3. The highest BCUT2D eigenvalue weighted by atomic mass is 16.1. The van der Waals surface area contributed by atoms with Gasteiger partial charge in [0.15, 0.2) is 5.78 Å². The molecule has 0 bridgehead atoms. The van der Waals surface area contributed by atoms with Crippen LogP contribution < -0.4 is 4.90 Å². The highest BCUT2D eigenvalue weighted by molar-refractivity contribution is 5.93. The zero-order valence-electron chi connectivity index (χ0n) is 11.4. The minimum absolute atomic E-state index is 0.0697. The maximum atomic E-state index is 11.2. The van der Waals surface area contributed by atoms with Crippen molar-refractivity contribution in [3.63, 3.8) is 0 Å². The molecule has 0 aromatic carbocycles. The Balaban J connectivity index is 2.12. The molecule has 1 saturated heterocycles. The van der Waals surface area contributed by atoms with Gasteiger partial charge in [0.25, 0.3) is 0 Å². The average Bonchev–Trinajstić information content (AvgIpc) is 2.76. The number of hydrogen-bond acceptors (Lipinski definition) is 4. The number of Topliss-reactive ketones (excluding diaryl/α,β-unsaturated/α-hetero) is 1. The maximum absolute atomic E-state index is 11.2. The van der Waals surface area contributed by atoms with Crippen LogP contribution in [-0.4, -0.2) is 48.9 Å². The van der Waals surface area contributed by atoms with Gasteiger partial charge >= 0.3 is 0 Å². The molecule has 0 saturated carbocycles. The Morgan fingerprint density at radius 3 is 2.83 bits per heavy atom. The van der Waals surface area contributed by atoms with Crippen molar-refractivity contribution in [2.45, 2.75) is 25.8 Å². The van der Waals surface area contributed by atoms with Crippen molar-refractivity contribution in [3.8, 4) is 0 Å². The number of rotatable bonds is 4. The predicted molar refractivity (Wildman–Crippen MR) is 73.2 cm³/mol. The van der Waals surface area contributed by atoms with Crippen LogP contribution in [0.1, 0.15) is 30.1 Å². The van der Waals surface area contributed by atoms with Gasteiger partial charge in [0, 0.05) is 30.9 Å². The van der Waals surface area contributed by atoms with Crippen molar-refractivity contribution in [1.82, 2.24) is 9.88 Å². The van der Waals surface area contributed by atoms with Crippen LogP contribution in [0.4, 0.5) is 5.82 Å². The Kier molecular flexibility index (Phi) is 3.97. The Bertz CT molecular complexity index is 414. The second-order valence-electron chi connectivity index (χ2n) is 5.21. The monoisotopic (exact) mass is 247 g/mol. The number of carbonyl (C=O) groups is 1. The van der Waals surface area contributed by atoms with Crippen molar-refractivity contribution >= 4 is 11.6 Å². The topological polar surface area (TPSA) is 36.4 Å². The lowest BCUT2D eigenvalue weighted by Crippen LogP contribution is -2.37. The van der Waals surface area contributed by atoms with E-state index in [0.29, 0.717) is 11.6 Å². The van der Waals surface area contributed by atoms with Crippen molar-refractivity contribution in [2.24, 2.45) is 0 Å². The highest BCUT2D eigenvalue weighted by Crippen LogP contribution is 2.24. The number of aromatic nitrogens is 1. The van der Waals surface area contributed by atoms with E-state index in [0.717, 1.165) is 18.9 Å². The summed E-state index contributed by atoms with van der Waals surface area (Å²) in [7, 11) is 4.20. The molecular weight excluding hydrogens is 226 g/mol. The molecule has 1 aliphatic heterocycles. The van der Waals surface area contributed by atoms with Gasteiger partial charge in [0.05, 0.1) is 0 Å². The first kappa shape index (κ1) is 13.0. The van der Waals surface area contributed by atoms with Crippen LogP contribution in [0.25, 0.3) is 0 Å². The van der Waals surface area contributed by atoms with Gasteiger partial charge in [-0.15, -0.1) is 0 Å². The van der Waals surface area contributed by atoms with E-state index < -0.39 is 0 Å². The van der Waals surface area contributed by atoms with E-state index in [1.54, 1.807) is 13.1 Å². The molecule has 2 heterocycles. The molecule has 2 rings (SSSR count). The first-order chi connectivity index (χ1) is 8.58. The van der Waals surface area contributed by atoms with Crippen molar-refractivity contribution in [1.29, 1.82) is 0 Å². The molecule has 0 radical (unpaired) electrons. The summed E-state index contributed by atoms with van der Waals surface area (Å²) in [6, 6.07) is 4.37. The van der Waals surface area contributed by atoms with E-state index in [1.165, 1.54) is 12.8 Å². The third kappa shape index (κ3) is 2.88. The number of pyridine rings is 1. The standard InChI is InChI=1S/C14H21N3O/c1-11(18)12-6-7-14(15-9-12)17-8-4-5-13(17)10-16(2)3/h6-7,9,13H,4-5,8,10H2,1-3H3. The lowest BCUT2D eigenvalue weighted by atomic mass is 10.2. The Labute approximate surface area is 109 Å². The van der Waals surface area contributed by atoms with Crippen molar-refractivity contribution < 1.29 is 4.79 Å². The zero-order valence-corrected chi connectivity index (χ0v) is 11.4. The van der Waals surface area contributed by atoms with Crippen LogP contribution >= 0.6 is 0 Å². The fourth-order valence-electron chi connectivity index (χ4n) is 2.51. The highest BCUT2D eigenvalue weighted by Gasteiger charge is 2.25. The second-order valence-corrected chi connectivity index (χ2v) is 5.21. The number of anilines is 1. The molecular formula is C14H21N3O. The minimum atomic E-state index is 0.0697. The average molecular weight is 247 g/mol. The third-order valence-electron chi connectivity index (χ3n) is 3.40. The van der Waals surface area contributed by atoms with Crippen molar-refractivity contribution in [3.05, 3.63) is 23.9 Å². The molecule has 0 N–H and O–H groups in total. The van der Waals surface area contributed by atoms with E-state index in [-0.39, 0.29) is 5.78 Å². The van der Waals surface area contributed by atoms with E-state index in [1.807, 2.05) is 12.1 Å². The summed E-state index contributed by atoms with van der Waals surface area (Å²) in [6.45, 7) is 3.68. The van der Waals surface area contributed by atoms with E-state index in [9.17, 15) is 4.79 Å². The van der Waals surface area contributed by atoms with Gasteiger partial charge in [-0.05, 0) is 46.0 Å². The number of carbonyl (C=O) groups excluding carboxylic acids is 1. The largest absolute Gasteiger partial charge is 0.352 e. The Hall–Kier alpha value is -1.42. The fraction of sp³-hybridized carbons (Fsp3) is 0.571. The number of hydrogen-bond donors (Lipinski definition) is 0. The molecule has 0 aliphatic carbocycles. The summed E-state index contributed by atoms with van der Waals surface area (Å²) < 4.78 is 0. The lowest BCUT2D eigenvalue weighted by Gasteiger charge is -2.28. The van der Waals surface area contributed by atoms with Gasteiger partial charge in [0.1, 0.15) is 5.82 Å². The molecule has 0 spiro atoms. The van der Waals surface area contributed by atoms with E-state index in [2.05, 4.69) is 28.9 Å². The van der Waals surface area contributed by atoms with Gasteiger partial charge in [0.2, 0.25) is 0 Å². The van der Waals surface area contributed by atoms with Crippen molar-refractivity contribution in [2.75, 3.05) is 32.1 Å². The SMILES string of the molecule is CC(=O)c1ccc(N2CCCC2CN(C)C)nc1. The molecule has 98 valence electrons.